The first-order valence-corrected chi connectivity index (χ1v) is 6.06. The molecule has 4 nitrogen and oxygen atoms in total. The average Bonchev–Trinajstić information content (AvgIpc) is 2.47. The largest absolute Gasteiger partial charge is 0.378 e. The lowest BCUT2D eigenvalue weighted by atomic mass is 10.1. The van der Waals surface area contributed by atoms with E-state index in [2.05, 4.69) is 9.88 Å². The minimum Gasteiger partial charge on any atom is -0.378 e. The first-order chi connectivity index (χ1) is 8.88. The number of aldehydes is 1. The van der Waals surface area contributed by atoms with Gasteiger partial charge in [-0.25, -0.2) is 4.98 Å². The molecule has 4 heteroatoms. The number of carbonyl (C=O) groups is 1. The third-order valence-electron chi connectivity index (χ3n) is 3.19. The van der Waals surface area contributed by atoms with E-state index in [1.807, 2.05) is 30.3 Å². The van der Waals surface area contributed by atoms with Crippen LogP contribution in [0.5, 0.6) is 0 Å². The van der Waals surface area contributed by atoms with Gasteiger partial charge in [-0.05, 0) is 12.1 Å². The van der Waals surface area contributed by atoms with E-state index in [1.165, 1.54) is 0 Å². The third-order valence-corrected chi connectivity index (χ3v) is 3.19. The molecule has 0 saturated carbocycles. The molecule has 1 aromatic carbocycles. The predicted octanol–water partition coefficient (Wildman–Crippen LogP) is 1.88. The summed E-state index contributed by atoms with van der Waals surface area (Å²) in [5.74, 6) is 0. The first kappa shape index (κ1) is 11.2. The minimum absolute atomic E-state index is 0.482. The van der Waals surface area contributed by atoms with Crippen molar-refractivity contribution in [1.29, 1.82) is 0 Å². The number of ether oxygens (including phenoxy) is 1. The summed E-state index contributed by atoms with van der Waals surface area (Å²) < 4.78 is 5.36. The van der Waals surface area contributed by atoms with Crippen molar-refractivity contribution < 1.29 is 9.53 Å². The van der Waals surface area contributed by atoms with E-state index in [9.17, 15) is 4.79 Å². The van der Waals surface area contributed by atoms with Crippen molar-refractivity contribution in [2.24, 2.45) is 0 Å². The standard InChI is InChI=1S/C14H14N2O2/c17-10-11-9-14(16-5-7-18-8-6-16)12-3-1-2-4-13(12)15-11/h1-4,9-10H,5-8H2. The Hall–Kier alpha value is -1.94. The van der Waals surface area contributed by atoms with E-state index in [4.69, 9.17) is 4.74 Å². The van der Waals surface area contributed by atoms with Gasteiger partial charge in [0.25, 0.3) is 0 Å². The Labute approximate surface area is 105 Å². The molecule has 18 heavy (non-hydrogen) atoms. The third kappa shape index (κ3) is 1.95. The molecule has 1 fully saturated rings. The molecule has 92 valence electrons. The highest BCUT2D eigenvalue weighted by atomic mass is 16.5. The zero-order valence-corrected chi connectivity index (χ0v) is 10.0. The van der Waals surface area contributed by atoms with Gasteiger partial charge in [-0.3, -0.25) is 4.79 Å². The van der Waals surface area contributed by atoms with E-state index < -0.39 is 0 Å². The van der Waals surface area contributed by atoms with E-state index in [-0.39, 0.29) is 0 Å². The van der Waals surface area contributed by atoms with Crippen LogP contribution in [0.25, 0.3) is 10.9 Å². The van der Waals surface area contributed by atoms with Crippen LogP contribution in [0.1, 0.15) is 10.5 Å². The molecule has 0 atom stereocenters. The molecule has 1 saturated heterocycles. The molecule has 0 N–H and O–H groups in total. The Morgan fingerprint density at radius 3 is 2.78 bits per heavy atom. The SMILES string of the molecule is O=Cc1cc(N2CCOCC2)c2ccccc2n1. The Kier molecular flexibility index (Phi) is 2.94. The molecule has 3 rings (SSSR count). The van der Waals surface area contributed by atoms with Gasteiger partial charge in [-0.15, -0.1) is 0 Å². The minimum atomic E-state index is 0.482. The van der Waals surface area contributed by atoms with Crippen molar-refractivity contribution in [2.75, 3.05) is 31.2 Å². The van der Waals surface area contributed by atoms with E-state index in [0.29, 0.717) is 5.69 Å². The normalized spacial score (nSPS) is 15.9. The number of hydrogen-bond donors (Lipinski definition) is 0. The van der Waals surface area contributed by atoms with Crippen molar-refractivity contribution in [2.45, 2.75) is 0 Å². The molecular formula is C14H14N2O2. The molecule has 2 aromatic rings. The summed E-state index contributed by atoms with van der Waals surface area (Å²) in [4.78, 5) is 17.6. The van der Waals surface area contributed by atoms with Crippen LogP contribution in [-0.2, 0) is 4.74 Å². The first-order valence-electron chi connectivity index (χ1n) is 6.06. The molecule has 1 aliphatic heterocycles. The Bertz CT molecular complexity index is 577. The number of aromatic nitrogens is 1. The van der Waals surface area contributed by atoms with Crippen molar-refractivity contribution in [3.63, 3.8) is 0 Å². The lowest BCUT2D eigenvalue weighted by Gasteiger charge is -2.29. The molecule has 1 aromatic heterocycles. The summed E-state index contributed by atoms with van der Waals surface area (Å²) >= 11 is 0. The van der Waals surface area contributed by atoms with Crippen LogP contribution in [0.3, 0.4) is 0 Å². The number of benzene rings is 1. The second-order valence-corrected chi connectivity index (χ2v) is 4.30. The maximum absolute atomic E-state index is 11.0. The van der Waals surface area contributed by atoms with Crippen molar-refractivity contribution >= 4 is 22.9 Å². The Morgan fingerprint density at radius 1 is 1.22 bits per heavy atom. The fourth-order valence-corrected chi connectivity index (χ4v) is 2.30. The molecule has 0 bridgehead atoms. The number of para-hydroxylation sites is 1. The summed E-state index contributed by atoms with van der Waals surface area (Å²) in [6, 6.07) is 9.77. The van der Waals surface area contributed by atoms with Gasteiger partial charge in [0.1, 0.15) is 5.69 Å². The van der Waals surface area contributed by atoms with Crippen LogP contribution in [0, 0.1) is 0 Å². The monoisotopic (exact) mass is 242 g/mol. The van der Waals surface area contributed by atoms with Crippen LogP contribution < -0.4 is 4.90 Å². The highest BCUT2D eigenvalue weighted by Gasteiger charge is 2.15. The van der Waals surface area contributed by atoms with Crippen LogP contribution in [0.4, 0.5) is 5.69 Å². The van der Waals surface area contributed by atoms with Crippen molar-refractivity contribution in [3.05, 3.63) is 36.0 Å². The van der Waals surface area contributed by atoms with Crippen molar-refractivity contribution in [1.82, 2.24) is 4.98 Å². The summed E-state index contributed by atoms with van der Waals surface area (Å²) in [5.41, 5.74) is 2.42. The van der Waals surface area contributed by atoms with Gasteiger partial charge in [0.2, 0.25) is 0 Å². The van der Waals surface area contributed by atoms with Crippen LogP contribution in [0.15, 0.2) is 30.3 Å². The molecule has 0 unspecified atom stereocenters. The highest BCUT2D eigenvalue weighted by molar-refractivity contribution is 5.94. The summed E-state index contributed by atoms with van der Waals surface area (Å²) in [6.45, 7) is 3.17. The smallest absolute Gasteiger partial charge is 0.168 e. The molecule has 1 aliphatic rings. The fourth-order valence-electron chi connectivity index (χ4n) is 2.30. The van der Waals surface area contributed by atoms with Gasteiger partial charge in [-0.2, -0.15) is 0 Å². The second kappa shape index (κ2) is 4.74. The molecule has 0 aliphatic carbocycles. The number of rotatable bonds is 2. The number of nitrogens with zero attached hydrogens (tertiary/aromatic N) is 2. The van der Waals surface area contributed by atoms with E-state index in [0.717, 1.165) is 49.2 Å². The maximum atomic E-state index is 11.0. The van der Waals surface area contributed by atoms with Gasteiger partial charge >= 0.3 is 0 Å². The van der Waals surface area contributed by atoms with Gasteiger partial charge in [0, 0.05) is 24.2 Å². The zero-order chi connectivity index (χ0) is 12.4. The average molecular weight is 242 g/mol. The molecule has 2 heterocycles. The molecule has 0 radical (unpaired) electrons. The Balaban J connectivity index is 2.15. The van der Waals surface area contributed by atoms with Gasteiger partial charge in [0.15, 0.2) is 6.29 Å². The number of morpholine rings is 1. The molecular weight excluding hydrogens is 228 g/mol. The summed E-state index contributed by atoms with van der Waals surface area (Å²) in [6.07, 6.45) is 0.802. The van der Waals surface area contributed by atoms with Gasteiger partial charge < -0.3 is 9.64 Å². The van der Waals surface area contributed by atoms with Gasteiger partial charge in [0.05, 0.1) is 18.7 Å². The highest BCUT2D eigenvalue weighted by Crippen LogP contribution is 2.26. The van der Waals surface area contributed by atoms with Crippen molar-refractivity contribution in [3.8, 4) is 0 Å². The zero-order valence-electron chi connectivity index (χ0n) is 10.0. The summed E-state index contributed by atoms with van der Waals surface area (Å²) in [5, 5.41) is 1.09. The molecule has 0 spiro atoms. The molecule has 0 amide bonds. The number of carbonyl (C=O) groups excluding carboxylic acids is 1. The maximum Gasteiger partial charge on any atom is 0.168 e. The lowest BCUT2D eigenvalue weighted by molar-refractivity contribution is 0.111. The Morgan fingerprint density at radius 2 is 2.00 bits per heavy atom. The topological polar surface area (TPSA) is 42.4 Å². The fraction of sp³-hybridized carbons (Fsp3) is 0.286. The van der Waals surface area contributed by atoms with Crippen LogP contribution in [-0.4, -0.2) is 37.6 Å². The quantitative estimate of drug-likeness (QED) is 0.754. The van der Waals surface area contributed by atoms with E-state index in [1.54, 1.807) is 0 Å². The van der Waals surface area contributed by atoms with Crippen LogP contribution in [0.2, 0.25) is 0 Å². The summed E-state index contributed by atoms with van der Waals surface area (Å²) in [7, 11) is 0. The predicted molar refractivity (Wildman–Crippen MR) is 70.2 cm³/mol. The number of fused-ring (bicyclic) bond motifs is 1. The van der Waals surface area contributed by atoms with Gasteiger partial charge in [-0.1, -0.05) is 18.2 Å². The van der Waals surface area contributed by atoms with Crippen LogP contribution >= 0.6 is 0 Å². The lowest BCUT2D eigenvalue weighted by Crippen LogP contribution is -2.36. The van der Waals surface area contributed by atoms with E-state index >= 15 is 0 Å². The number of anilines is 1. The number of pyridine rings is 1. The number of hydrogen-bond acceptors (Lipinski definition) is 4. The second-order valence-electron chi connectivity index (χ2n) is 4.30.